The maximum atomic E-state index is 12.7. The lowest BCUT2D eigenvalue weighted by Crippen LogP contribution is -2.23. The quantitative estimate of drug-likeness (QED) is 0.598. The number of amides is 1. The van der Waals surface area contributed by atoms with Gasteiger partial charge in [0, 0.05) is 12.1 Å². The van der Waals surface area contributed by atoms with Crippen LogP contribution in [0.3, 0.4) is 0 Å². The number of carbonyl (C=O) groups excluding carboxylic acids is 1. The van der Waals surface area contributed by atoms with Crippen molar-refractivity contribution in [1.82, 2.24) is 15.5 Å². The van der Waals surface area contributed by atoms with Crippen molar-refractivity contribution >= 4 is 17.0 Å². The van der Waals surface area contributed by atoms with E-state index < -0.39 is 0 Å². The SMILES string of the molecule is CCNC(=O)c1cc(-c2ccco2)nc2onc(-c3ccc(C)cc3)c12. The van der Waals surface area contributed by atoms with Crippen molar-refractivity contribution in [3.05, 3.63) is 59.9 Å². The Balaban J connectivity index is 1.96. The van der Waals surface area contributed by atoms with Crippen LogP contribution in [0.5, 0.6) is 0 Å². The smallest absolute Gasteiger partial charge is 0.259 e. The molecule has 4 aromatic rings. The van der Waals surface area contributed by atoms with E-state index in [9.17, 15) is 4.79 Å². The first-order valence-electron chi connectivity index (χ1n) is 8.37. The molecule has 1 aromatic carbocycles. The van der Waals surface area contributed by atoms with Crippen molar-refractivity contribution in [2.24, 2.45) is 0 Å². The zero-order chi connectivity index (χ0) is 18.1. The molecule has 0 fully saturated rings. The zero-order valence-corrected chi connectivity index (χ0v) is 14.4. The summed E-state index contributed by atoms with van der Waals surface area (Å²) in [5.74, 6) is 0.356. The summed E-state index contributed by atoms with van der Waals surface area (Å²) in [5, 5.41) is 7.60. The lowest BCUT2D eigenvalue weighted by atomic mass is 10.0. The summed E-state index contributed by atoms with van der Waals surface area (Å²) in [6.07, 6.45) is 1.56. The Labute approximate surface area is 149 Å². The zero-order valence-electron chi connectivity index (χ0n) is 14.4. The molecule has 6 nitrogen and oxygen atoms in total. The van der Waals surface area contributed by atoms with Gasteiger partial charge in [-0.05, 0) is 32.0 Å². The molecule has 0 bridgehead atoms. The van der Waals surface area contributed by atoms with Crippen molar-refractivity contribution in [3.63, 3.8) is 0 Å². The summed E-state index contributed by atoms with van der Waals surface area (Å²) in [6.45, 7) is 4.41. The van der Waals surface area contributed by atoms with Gasteiger partial charge in [-0.25, -0.2) is 4.98 Å². The second-order valence-electron chi connectivity index (χ2n) is 5.97. The third-order valence-electron chi connectivity index (χ3n) is 4.13. The predicted octanol–water partition coefficient (Wildman–Crippen LogP) is 4.21. The molecule has 0 aliphatic heterocycles. The van der Waals surface area contributed by atoms with E-state index >= 15 is 0 Å². The van der Waals surface area contributed by atoms with Crippen LogP contribution in [0.1, 0.15) is 22.8 Å². The Bertz CT molecular complexity index is 1060. The summed E-state index contributed by atoms with van der Waals surface area (Å²) in [5.41, 5.74) is 3.89. The topological polar surface area (TPSA) is 81.2 Å². The molecular weight excluding hydrogens is 330 g/mol. The van der Waals surface area contributed by atoms with Gasteiger partial charge in [0.2, 0.25) is 0 Å². The fourth-order valence-corrected chi connectivity index (χ4v) is 2.84. The number of fused-ring (bicyclic) bond motifs is 1. The van der Waals surface area contributed by atoms with E-state index in [0.717, 1.165) is 11.1 Å². The van der Waals surface area contributed by atoms with Gasteiger partial charge in [0.25, 0.3) is 11.6 Å². The van der Waals surface area contributed by atoms with E-state index in [1.165, 1.54) is 0 Å². The van der Waals surface area contributed by atoms with Crippen molar-refractivity contribution in [2.45, 2.75) is 13.8 Å². The average molecular weight is 347 g/mol. The molecule has 3 aromatic heterocycles. The maximum Gasteiger partial charge on any atom is 0.259 e. The molecule has 0 saturated carbocycles. The minimum atomic E-state index is -0.204. The first-order valence-corrected chi connectivity index (χ1v) is 8.37. The molecule has 130 valence electrons. The van der Waals surface area contributed by atoms with E-state index in [-0.39, 0.29) is 5.91 Å². The van der Waals surface area contributed by atoms with Gasteiger partial charge in [-0.2, -0.15) is 0 Å². The van der Waals surface area contributed by atoms with Gasteiger partial charge in [0.15, 0.2) is 5.76 Å². The van der Waals surface area contributed by atoms with E-state index in [1.54, 1.807) is 24.5 Å². The number of nitrogens with one attached hydrogen (secondary N) is 1. The summed E-state index contributed by atoms with van der Waals surface area (Å²) < 4.78 is 10.9. The Morgan fingerprint density at radius 2 is 2.00 bits per heavy atom. The van der Waals surface area contributed by atoms with Gasteiger partial charge in [0.1, 0.15) is 11.4 Å². The standard InChI is InChI=1S/C20H17N3O3/c1-3-21-19(24)14-11-15(16-5-4-10-25-16)22-20-17(14)18(23-26-20)13-8-6-12(2)7-9-13/h4-11H,3H2,1-2H3,(H,21,24). The van der Waals surface area contributed by atoms with Crippen LogP contribution in [0.15, 0.2) is 57.7 Å². The number of furan rings is 1. The lowest BCUT2D eigenvalue weighted by Gasteiger charge is -2.06. The van der Waals surface area contributed by atoms with Gasteiger partial charge in [-0.1, -0.05) is 35.0 Å². The highest BCUT2D eigenvalue weighted by Crippen LogP contribution is 2.32. The highest BCUT2D eigenvalue weighted by Gasteiger charge is 2.22. The summed E-state index contributed by atoms with van der Waals surface area (Å²) in [4.78, 5) is 17.2. The average Bonchev–Trinajstić information content (AvgIpc) is 3.31. The number of pyridine rings is 1. The Morgan fingerprint density at radius 3 is 2.69 bits per heavy atom. The van der Waals surface area contributed by atoms with Crippen LogP contribution in [0, 0.1) is 6.92 Å². The van der Waals surface area contributed by atoms with Gasteiger partial charge in [-0.3, -0.25) is 4.79 Å². The number of nitrogens with zero attached hydrogens (tertiary/aromatic N) is 2. The molecule has 4 rings (SSSR count). The maximum absolute atomic E-state index is 12.7. The third kappa shape index (κ3) is 2.75. The number of aryl methyl sites for hydroxylation is 1. The molecule has 0 saturated heterocycles. The number of hydrogen-bond donors (Lipinski definition) is 1. The molecule has 0 atom stereocenters. The van der Waals surface area contributed by atoms with Gasteiger partial charge in [-0.15, -0.1) is 0 Å². The molecule has 1 amide bonds. The normalized spacial score (nSPS) is 11.0. The van der Waals surface area contributed by atoms with E-state index in [4.69, 9.17) is 8.94 Å². The highest BCUT2D eigenvalue weighted by atomic mass is 16.5. The molecular formula is C20H17N3O3. The van der Waals surface area contributed by atoms with Crippen LogP contribution in [0.4, 0.5) is 0 Å². The van der Waals surface area contributed by atoms with Crippen LogP contribution < -0.4 is 5.32 Å². The number of rotatable bonds is 4. The third-order valence-corrected chi connectivity index (χ3v) is 4.13. The van der Waals surface area contributed by atoms with Gasteiger partial charge >= 0.3 is 0 Å². The molecule has 26 heavy (non-hydrogen) atoms. The van der Waals surface area contributed by atoms with E-state index in [0.29, 0.717) is 40.4 Å². The van der Waals surface area contributed by atoms with Crippen molar-refractivity contribution in [3.8, 4) is 22.7 Å². The van der Waals surface area contributed by atoms with Crippen molar-refractivity contribution in [2.75, 3.05) is 6.54 Å². The minimum Gasteiger partial charge on any atom is -0.463 e. The van der Waals surface area contributed by atoms with Crippen LogP contribution in [0.25, 0.3) is 33.8 Å². The Kier molecular flexibility index (Phi) is 4.01. The molecule has 6 heteroatoms. The summed E-state index contributed by atoms with van der Waals surface area (Å²) in [6, 6.07) is 13.2. The number of aromatic nitrogens is 2. The van der Waals surface area contributed by atoms with Gasteiger partial charge in [0.05, 0.1) is 17.2 Å². The van der Waals surface area contributed by atoms with Crippen LogP contribution in [-0.4, -0.2) is 22.6 Å². The van der Waals surface area contributed by atoms with Crippen molar-refractivity contribution < 1.29 is 13.7 Å². The first kappa shape index (κ1) is 16.1. The van der Waals surface area contributed by atoms with Crippen LogP contribution in [-0.2, 0) is 0 Å². The number of hydrogen-bond acceptors (Lipinski definition) is 5. The number of carbonyl (C=O) groups is 1. The fourth-order valence-electron chi connectivity index (χ4n) is 2.84. The Hall–Kier alpha value is -3.41. The fraction of sp³-hybridized carbons (Fsp3) is 0.150. The largest absolute Gasteiger partial charge is 0.463 e. The summed E-state index contributed by atoms with van der Waals surface area (Å²) >= 11 is 0. The van der Waals surface area contributed by atoms with Gasteiger partial charge < -0.3 is 14.3 Å². The number of benzene rings is 1. The molecule has 0 aliphatic carbocycles. The predicted molar refractivity (Wildman–Crippen MR) is 97.7 cm³/mol. The second kappa shape index (κ2) is 6.48. The monoisotopic (exact) mass is 347 g/mol. The molecule has 1 N–H and O–H groups in total. The molecule has 3 heterocycles. The minimum absolute atomic E-state index is 0.204. The lowest BCUT2D eigenvalue weighted by molar-refractivity contribution is 0.0957. The summed E-state index contributed by atoms with van der Waals surface area (Å²) in [7, 11) is 0. The Morgan fingerprint density at radius 1 is 1.19 bits per heavy atom. The highest BCUT2D eigenvalue weighted by molar-refractivity contribution is 6.10. The first-order chi connectivity index (χ1) is 12.7. The molecule has 0 spiro atoms. The molecule has 0 aliphatic rings. The van der Waals surface area contributed by atoms with E-state index in [1.807, 2.05) is 38.1 Å². The van der Waals surface area contributed by atoms with Crippen LogP contribution >= 0.6 is 0 Å². The molecule has 0 radical (unpaired) electrons. The van der Waals surface area contributed by atoms with E-state index in [2.05, 4.69) is 15.5 Å². The van der Waals surface area contributed by atoms with Crippen molar-refractivity contribution in [1.29, 1.82) is 0 Å². The molecule has 0 unspecified atom stereocenters. The second-order valence-corrected chi connectivity index (χ2v) is 5.97. The van der Waals surface area contributed by atoms with Crippen LogP contribution in [0.2, 0.25) is 0 Å².